The molecule has 1 N–H and O–H groups in total. The Hall–Kier alpha value is -3.08. The number of amides is 1. The monoisotopic (exact) mass is 635 g/mol. The molecule has 45 heavy (non-hydrogen) atoms. The molecule has 11 heteroatoms. The van der Waals surface area contributed by atoms with Crippen LogP contribution < -0.4 is 0 Å². The molecule has 6 rings (SSSR count). The Morgan fingerprint density at radius 3 is 2.27 bits per heavy atom. The van der Waals surface area contributed by atoms with E-state index < -0.39 is 41.4 Å². The van der Waals surface area contributed by atoms with E-state index >= 15 is 8.78 Å². The van der Waals surface area contributed by atoms with Crippen molar-refractivity contribution in [1.29, 1.82) is 0 Å². The van der Waals surface area contributed by atoms with Crippen LogP contribution in [0.4, 0.5) is 22.0 Å². The molecule has 1 amide bonds. The first kappa shape index (κ1) is 31.9. The number of ketones is 1. The third-order valence-electron chi connectivity index (χ3n) is 11.6. The van der Waals surface area contributed by atoms with Gasteiger partial charge in [0.25, 0.3) is 5.91 Å². The van der Waals surface area contributed by atoms with E-state index in [2.05, 4.69) is 0 Å². The summed E-state index contributed by atoms with van der Waals surface area (Å²) in [4.78, 5) is 39.1. The van der Waals surface area contributed by atoms with Gasteiger partial charge in [-0.1, -0.05) is 24.6 Å². The number of methoxy groups -OCH3 is 1. The zero-order chi connectivity index (χ0) is 32.5. The summed E-state index contributed by atoms with van der Waals surface area (Å²) < 4.78 is 76.6. The fourth-order valence-electron chi connectivity index (χ4n) is 9.24. The maximum Gasteiger partial charge on any atom is 0.456 e. The van der Waals surface area contributed by atoms with Gasteiger partial charge < -0.3 is 14.7 Å². The van der Waals surface area contributed by atoms with Crippen LogP contribution in [0.25, 0.3) is 0 Å². The van der Waals surface area contributed by atoms with Crippen molar-refractivity contribution in [3.8, 4) is 0 Å². The largest absolute Gasteiger partial charge is 0.469 e. The third-order valence-corrected chi connectivity index (χ3v) is 11.6. The van der Waals surface area contributed by atoms with Crippen LogP contribution in [0.2, 0.25) is 0 Å². The Kier molecular flexibility index (Phi) is 7.81. The zero-order valence-corrected chi connectivity index (χ0v) is 25.4. The van der Waals surface area contributed by atoms with Gasteiger partial charge in [-0.05, 0) is 98.1 Å². The maximum atomic E-state index is 15.2. The molecule has 0 aromatic heterocycles. The number of alkyl halides is 5. The van der Waals surface area contributed by atoms with Gasteiger partial charge in [-0.2, -0.15) is 22.0 Å². The van der Waals surface area contributed by atoms with Gasteiger partial charge in [0, 0.05) is 36.4 Å². The molecule has 3 fully saturated rings. The van der Waals surface area contributed by atoms with E-state index in [4.69, 9.17) is 4.74 Å². The molecule has 1 heterocycles. The normalized spacial score (nSPS) is 32.4. The Morgan fingerprint density at radius 2 is 1.64 bits per heavy atom. The average Bonchev–Trinajstić information content (AvgIpc) is 3.30. The summed E-state index contributed by atoms with van der Waals surface area (Å²) in [7, 11) is 1.33. The van der Waals surface area contributed by atoms with Gasteiger partial charge >= 0.3 is 18.1 Å². The molecule has 0 radical (unpaired) electrons. The Morgan fingerprint density at radius 1 is 0.978 bits per heavy atom. The first-order chi connectivity index (χ1) is 21.1. The lowest BCUT2D eigenvalue weighted by Crippen LogP contribution is -2.65. The summed E-state index contributed by atoms with van der Waals surface area (Å²) in [6, 6.07) is 6.76. The van der Waals surface area contributed by atoms with E-state index in [0.29, 0.717) is 62.7 Å². The van der Waals surface area contributed by atoms with E-state index in [9.17, 15) is 32.7 Å². The van der Waals surface area contributed by atoms with Crippen LogP contribution in [0.1, 0.15) is 86.6 Å². The highest BCUT2D eigenvalue weighted by Crippen LogP contribution is 2.70. The highest BCUT2D eigenvalue weighted by atomic mass is 19.4. The summed E-state index contributed by atoms with van der Waals surface area (Å²) in [5.41, 5.74) is -1.07. The minimum atomic E-state index is -5.91. The van der Waals surface area contributed by atoms with Gasteiger partial charge in [0.05, 0.1) is 13.0 Å². The first-order valence-electron chi connectivity index (χ1n) is 15.7. The molecule has 2 unspecified atom stereocenters. The van der Waals surface area contributed by atoms with E-state index in [1.165, 1.54) is 14.0 Å². The number of ether oxygens (including phenoxy) is 1. The Labute approximate surface area is 258 Å². The molecule has 6 nitrogen and oxygen atoms in total. The van der Waals surface area contributed by atoms with E-state index in [-0.39, 0.29) is 42.3 Å². The lowest BCUT2D eigenvalue weighted by atomic mass is 9.50. The summed E-state index contributed by atoms with van der Waals surface area (Å²) in [5, 5.41) is 11.4. The molecule has 1 aromatic rings. The van der Waals surface area contributed by atoms with E-state index in [1.807, 2.05) is 0 Å². The number of fused-ring (bicyclic) bond motifs is 4. The van der Waals surface area contributed by atoms with Gasteiger partial charge in [0.1, 0.15) is 5.60 Å². The second kappa shape index (κ2) is 11.0. The second-order valence-electron chi connectivity index (χ2n) is 13.7. The summed E-state index contributed by atoms with van der Waals surface area (Å²) in [5.74, 6) is -7.53. The topological polar surface area (TPSA) is 83.9 Å². The van der Waals surface area contributed by atoms with Gasteiger partial charge in [-0.3, -0.25) is 14.4 Å². The minimum absolute atomic E-state index is 0.0172. The van der Waals surface area contributed by atoms with Crippen molar-refractivity contribution in [1.82, 2.24) is 4.90 Å². The molecular weight excluding hydrogens is 597 g/mol. The molecule has 5 atom stereocenters. The number of halogens is 5. The number of piperidine rings is 1. The smallest absolute Gasteiger partial charge is 0.456 e. The van der Waals surface area contributed by atoms with E-state index in [1.54, 1.807) is 35.2 Å². The summed E-state index contributed by atoms with van der Waals surface area (Å²) >= 11 is 0. The van der Waals surface area contributed by atoms with Crippen LogP contribution >= 0.6 is 0 Å². The summed E-state index contributed by atoms with van der Waals surface area (Å²) in [6.07, 6.45) is -2.21. The number of carbonyl (C=O) groups excluding carboxylic acids is 3. The number of allylic oxidation sites excluding steroid dienone is 4. The van der Waals surface area contributed by atoms with Crippen molar-refractivity contribution in [3.05, 3.63) is 58.2 Å². The maximum absolute atomic E-state index is 15.2. The first-order valence-corrected chi connectivity index (χ1v) is 15.7. The minimum Gasteiger partial charge on any atom is -0.469 e. The molecule has 1 aliphatic heterocycles. The predicted octanol–water partition coefficient (Wildman–Crippen LogP) is 6.54. The number of aliphatic hydroxyl groups is 1. The average molecular weight is 636 g/mol. The molecule has 0 spiro atoms. The quantitative estimate of drug-likeness (QED) is 0.300. The second-order valence-corrected chi connectivity index (χ2v) is 13.7. The van der Waals surface area contributed by atoms with Gasteiger partial charge in [0.2, 0.25) is 0 Å². The number of rotatable bonds is 4. The van der Waals surface area contributed by atoms with Crippen molar-refractivity contribution in [2.24, 2.45) is 23.2 Å². The number of likely N-dealkylation sites (tertiary alicyclic amines) is 1. The number of benzene rings is 1. The van der Waals surface area contributed by atoms with Gasteiger partial charge in [-0.15, -0.1) is 0 Å². The van der Waals surface area contributed by atoms with E-state index in [0.717, 1.165) is 16.7 Å². The molecule has 1 saturated heterocycles. The fourth-order valence-corrected chi connectivity index (χ4v) is 9.24. The predicted molar refractivity (Wildman–Crippen MR) is 153 cm³/mol. The summed E-state index contributed by atoms with van der Waals surface area (Å²) in [6.45, 7) is 2.17. The Bertz CT molecular complexity index is 1460. The van der Waals surface area contributed by atoms with Crippen LogP contribution in [-0.2, 0) is 14.3 Å². The van der Waals surface area contributed by atoms with Crippen LogP contribution in [0.15, 0.2) is 47.1 Å². The molecular formula is C34H38F5NO5. The third kappa shape index (κ3) is 4.86. The van der Waals surface area contributed by atoms with Crippen LogP contribution in [-0.4, -0.2) is 65.6 Å². The number of nitrogens with zero attached hydrogens (tertiary/aromatic N) is 1. The molecule has 2 saturated carbocycles. The van der Waals surface area contributed by atoms with Crippen molar-refractivity contribution >= 4 is 17.7 Å². The number of hydrogen-bond acceptors (Lipinski definition) is 5. The van der Waals surface area contributed by atoms with Crippen molar-refractivity contribution in [3.63, 3.8) is 0 Å². The van der Waals surface area contributed by atoms with Gasteiger partial charge in [-0.25, -0.2) is 0 Å². The number of carbonyl (C=O) groups is 3. The lowest BCUT2D eigenvalue weighted by molar-refractivity contribution is -0.362. The lowest BCUT2D eigenvalue weighted by Gasteiger charge is -2.56. The van der Waals surface area contributed by atoms with Crippen molar-refractivity contribution in [2.45, 2.75) is 88.3 Å². The highest BCUT2D eigenvalue weighted by Gasteiger charge is 2.79. The van der Waals surface area contributed by atoms with Crippen LogP contribution in [0, 0.1) is 23.2 Å². The van der Waals surface area contributed by atoms with Gasteiger partial charge in [0.15, 0.2) is 5.78 Å². The molecule has 1 aromatic carbocycles. The molecule has 244 valence electrons. The number of esters is 1. The SMILES string of the molecule is COC(=O)C1CCN(C(=O)c2ccc([C@H]3C[C@@]4(C)C(CC[C@]4(O)C(F)(F)C(F)(F)F)C4CCC5=CC(=O)CCC5=C43)cc2)CC1. The molecule has 5 aliphatic rings. The van der Waals surface area contributed by atoms with Crippen molar-refractivity contribution in [2.75, 3.05) is 20.2 Å². The highest BCUT2D eigenvalue weighted by molar-refractivity contribution is 5.94. The van der Waals surface area contributed by atoms with Crippen LogP contribution in [0.3, 0.4) is 0 Å². The Balaban J connectivity index is 1.36. The fraction of sp³-hybridized carbons (Fsp3) is 0.618. The standard InChI is InChI=1S/C34H38F5NO5/c1-31-18-26(19-3-5-20(6-4-19)29(42)40-15-12-21(13-16-40)30(43)45-2)28-24-10-8-23(41)17-22(24)7-9-25(28)27(31)11-14-32(31,44)33(35,36)34(37,38)39/h3-6,17,21,25-27,44H,7-16,18H2,1-2H3/t25?,26-,27?,31+,32-/m1/s1. The molecule has 0 bridgehead atoms. The molecule has 4 aliphatic carbocycles. The van der Waals surface area contributed by atoms with Crippen molar-refractivity contribution < 1.29 is 46.2 Å². The zero-order valence-electron chi connectivity index (χ0n) is 25.4. The van der Waals surface area contributed by atoms with Crippen LogP contribution in [0.5, 0.6) is 0 Å². The number of hydrogen-bond donors (Lipinski definition) is 1.